The van der Waals surface area contributed by atoms with Crippen molar-refractivity contribution in [3.8, 4) is 23.3 Å². The standard InChI is InChI=1S/C20H18ClFN4O4/c1-12-14(21)8-6-10-15(12)28-19-17(22)20(25-11-24-19)29-16-9-5-4-7-13(16)18(26-27-3)30-23-2/h4-11,23H,1-3H3/b26-18+. The van der Waals surface area contributed by atoms with E-state index in [2.05, 4.69) is 20.6 Å². The number of ether oxygens (including phenoxy) is 2. The Kier molecular flexibility index (Phi) is 6.99. The lowest BCUT2D eigenvalue weighted by atomic mass is 10.2. The summed E-state index contributed by atoms with van der Waals surface area (Å²) in [6.07, 6.45) is 1.13. The first-order chi connectivity index (χ1) is 14.5. The Bertz CT molecular complexity index is 1060. The molecule has 1 N–H and O–H groups in total. The molecule has 2 aromatic carbocycles. The Balaban J connectivity index is 1.93. The quantitative estimate of drug-likeness (QED) is 0.331. The van der Waals surface area contributed by atoms with E-state index in [0.717, 1.165) is 6.33 Å². The molecular formula is C20H18ClFN4O4. The van der Waals surface area contributed by atoms with Gasteiger partial charge in [0, 0.05) is 17.6 Å². The number of nitrogens with zero attached hydrogens (tertiary/aromatic N) is 3. The molecule has 0 bridgehead atoms. The van der Waals surface area contributed by atoms with E-state index in [9.17, 15) is 4.39 Å². The highest BCUT2D eigenvalue weighted by Crippen LogP contribution is 2.33. The van der Waals surface area contributed by atoms with Crippen molar-refractivity contribution in [1.29, 1.82) is 0 Å². The van der Waals surface area contributed by atoms with E-state index >= 15 is 0 Å². The van der Waals surface area contributed by atoms with Crippen LogP contribution in [0.2, 0.25) is 5.02 Å². The van der Waals surface area contributed by atoms with Crippen LogP contribution in [0.4, 0.5) is 4.39 Å². The van der Waals surface area contributed by atoms with Crippen LogP contribution >= 0.6 is 11.6 Å². The van der Waals surface area contributed by atoms with Gasteiger partial charge in [0.05, 0.1) is 5.56 Å². The molecule has 0 radical (unpaired) electrons. The second-order valence-electron chi connectivity index (χ2n) is 5.75. The number of hydrogen-bond donors (Lipinski definition) is 1. The van der Waals surface area contributed by atoms with E-state index in [4.69, 9.17) is 30.7 Å². The van der Waals surface area contributed by atoms with Crippen molar-refractivity contribution in [3.63, 3.8) is 0 Å². The molecule has 0 spiro atoms. The summed E-state index contributed by atoms with van der Waals surface area (Å²) in [5.41, 5.74) is 3.55. The molecule has 1 heterocycles. The number of nitrogens with one attached hydrogen (secondary N) is 1. The predicted molar refractivity (Wildman–Crippen MR) is 108 cm³/mol. The summed E-state index contributed by atoms with van der Waals surface area (Å²) in [6.45, 7) is 1.75. The molecule has 0 unspecified atom stereocenters. The number of rotatable bonds is 7. The molecular weight excluding hydrogens is 415 g/mol. The number of para-hydroxylation sites is 1. The maximum atomic E-state index is 15.0. The third-order valence-corrected chi connectivity index (χ3v) is 4.26. The fraction of sp³-hybridized carbons (Fsp3) is 0.150. The second kappa shape index (κ2) is 9.86. The maximum absolute atomic E-state index is 15.0. The van der Waals surface area contributed by atoms with Gasteiger partial charge in [-0.15, -0.1) is 0 Å². The summed E-state index contributed by atoms with van der Waals surface area (Å²) >= 11 is 6.09. The lowest BCUT2D eigenvalue weighted by Crippen LogP contribution is -2.17. The molecule has 3 rings (SSSR count). The molecule has 0 atom stereocenters. The first-order valence-electron chi connectivity index (χ1n) is 8.70. The van der Waals surface area contributed by atoms with Crippen LogP contribution in [0.3, 0.4) is 0 Å². The van der Waals surface area contributed by atoms with E-state index in [1.807, 2.05) is 0 Å². The number of hydroxylamine groups is 1. The van der Waals surface area contributed by atoms with Gasteiger partial charge in [-0.1, -0.05) is 29.8 Å². The zero-order valence-electron chi connectivity index (χ0n) is 16.3. The summed E-state index contributed by atoms with van der Waals surface area (Å²) in [5, 5.41) is 4.28. The number of oxime groups is 1. The Labute approximate surface area is 177 Å². The lowest BCUT2D eigenvalue weighted by molar-refractivity contribution is 0.162. The summed E-state index contributed by atoms with van der Waals surface area (Å²) in [4.78, 5) is 17.7. The van der Waals surface area contributed by atoms with Gasteiger partial charge in [-0.2, -0.15) is 19.8 Å². The lowest BCUT2D eigenvalue weighted by Gasteiger charge is -2.13. The zero-order valence-corrected chi connectivity index (χ0v) is 17.1. The number of halogens is 2. The maximum Gasteiger partial charge on any atom is 0.284 e. The van der Waals surface area contributed by atoms with Gasteiger partial charge in [0.2, 0.25) is 5.82 Å². The molecule has 30 heavy (non-hydrogen) atoms. The van der Waals surface area contributed by atoms with E-state index in [0.29, 0.717) is 21.9 Å². The van der Waals surface area contributed by atoms with Crippen LogP contribution in [0.5, 0.6) is 23.3 Å². The van der Waals surface area contributed by atoms with Crippen molar-refractivity contribution < 1.29 is 23.5 Å². The monoisotopic (exact) mass is 432 g/mol. The van der Waals surface area contributed by atoms with Crippen molar-refractivity contribution in [3.05, 3.63) is 70.8 Å². The van der Waals surface area contributed by atoms with Gasteiger partial charge in [-0.3, -0.25) is 0 Å². The molecule has 3 aromatic rings. The molecule has 0 aliphatic carbocycles. The van der Waals surface area contributed by atoms with Crippen molar-refractivity contribution >= 4 is 17.5 Å². The summed E-state index contributed by atoms with van der Waals surface area (Å²) in [6, 6.07) is 11.8. The third-order valence-electron chi connectivity index (χ3n) is 3.85. The molecule has 0 fully saturated rings. The van der Waals surface area contributed by atoms with Crippen LogP contribution in [-0.4, -0.2) is 30.0 Å². The predicted octanol–water partition coefficient (Wildman–Crippen LogP) is 4.62. The van der Waals surface area contributed by atoms with E-state index in [1.54, 1.807) is 56.4 Å². The Morgan fingerprint density at radius 3 is 2.40 bits per heavy atom. The van der Waals surface area contributed by atoms with E-state index in [-0.39, 0.29) is 23.4 Å². The molecule has 0 saturated heterocycles. The Morgan fingerprint density at radius 2 is 1.70 bits per heavy atom. The highest BCUT2D eigenvalue weighted by atomic mass is 35.5. The van der Waals surface area contributed by atoms with Crippen LogP contribution in [0.1, 0.15) is 11.1 Å². The fourth-order valence-electron chi connectivity index (χ4n) is 2.42. The van der Waals surface area contributed by atoms with Crippen LogP contribution in [0, 0.1) is 12.7 Å². The average molecular weight is 433 g/mol. The van der Waals surface area contributed by atoms with Crippen molar-refractivity contribution in [2.45, 2.75) is 6.92 Å². The Morgan fingerprint density at radius 1 is 1.03 bits per heavy atom. The van der Waals surface area contributed by atoms with Crippen molar-refractivity contribution in [2.75, 3.05) is 14.2 Å². The zero-order chi connectivity index (χ0) is 21.5. The molecule has 0 aliphatic rings. The summed E-state index contributed by atoms with van der Waals surface area (Å²) < 4.78 is 26.3. The SMILES string of the molecule is CNO/C(=N/OC)c1ccccc1Oc1ncnc(Oc2cccc(Cl)c2C)c1F. The van der Waals surface area contributed by atoms with Gasteiger partial charge in [0.1, 0.15) is 24.9 Å². The molecule has 1 aromatic heterocycles. The van der Waals surface area contributed by atoms with Crippen molar-refractivity contribution in [1.82, 2.24) is 15.4 Å². The fourth-order valence-corrected chi connectivity index (χ4v) is 2.59. The average Bonchev–Trinajstić information content (AvgIpc) is 2.74. The van der Waals surface area contributed by atoms with Gasteiger partial charge in [-0.25, -0.2) is 0 Å². The largest absolute Gasteiger partial charge is 0.436 e. The highest BCUT2D eigenvalue weighted by Gasteiger charge is 2.20. The summed E-state index contributed by atoms with van der Waals surface area (Å²) in [7, 11) is 2.92. The minimum absolute atomic E-state index is 0.0797. The van der Waals surface area contributed by atoms with Crippen LogP contribution in [-0.2, 0) is 9.68 Å². The van der Waals surface area contributed by atoms with Gasteiger partial charge in [0.15, 0.2) is 0 Å². The molecule has 0 amide bonds. The molecule has 8 nitrogen and oxygen atoms in total. The normalized spacial score (nSPS) is 11.2. The number of aromatic nitrogens is 2. The van der Waals surface area contributed by atoms with E-state index in [1.165, 1.54) is 7.11 Å². The topological polar surface area (TPSA) is 87.1 Å². The molecule has 156 valence electrons. The van der Waals surface area contributed by atoms with Crippen LogP contribution in [0.25, 0.3) is 0 Å². The summed E-state index contributed by atoms with van der Waals surface area (Å²) in [5.74, 6) is -0.856. The highest BCUT2D eigenvalue weighted by molar-refractivity contribution is 6.31. The number of hydrogen-bond acceptors (Lipinski definition) is 8. The van der Waals surface area contributed by atoms with Crippen molar-refractivity contribution in [2.24, 2.45) is 5.16 Å². The Hall–Kier alpha value is -3.43. The smallest absolute Gasteiger partial charge is 0.284 e. The molecule has 0 aliphatic heterocycles. The minimum Gasteiger partial charge on any atom is -0.436 e. The minimum atomic E-state index is -0.883. The molecule has 0 saturated carbocycles. The first kappa shape index (κ1) is 21.3. The first-order valence-corrected chi connectivity index (χ1v) is 9.08. The van der Waals surface area contributed by atoms with Gasteiger partial charge >= 0.3 is 0 Å². The second-order valence-corrected chi connectivity index (χ2v) is 6.15. The van der Waals surface area contributed by atoms with E-state index < -0.39 is 5.82 Å². The third kappa shape index (κ3) is 4.76. The molecule has 10 heteroatoms. The van der Waals surface area contributed by atoms with Gasteiger partial charge < -0.3 is 19.1 Å². The van der Waals surface area contributed by atoms with Gasteiger partial charge in [-0.05, 0) is 36.3 Å². The van der Waals surface area contributed by atoms with Crippen LogP contribution < -0.4 is 15.0 Å². The van der Waals surface area contributed by atoms with Crippen LogP contribution in [0.15, 0.2) is 53.9 Å². The van der Waals surface area contributed by atoms with Gasteiger partial charge in [0.25, 0.3) is 17.7 Å². The number of benzene rings is 2.